The zero-order valence-electron chi connectivity index (χ0n) is 13.8. The van der Waals surface area contributed by atoms with Crippen molar-refractivity contribution in [1.82, 2.24) is 0 Å². The summed E-state index contributed by atoms with van der Waals surface area (Å²) in [4.78, 5) is 24.7. The van der Waals surface area contributed by atoms with Crippen LogP contribution in [0.5, 0.6) is 0 Å². The van der Waals surface area contributed by atoms with Gasteiger partial charge < -0.3 is 9.47 Å². The predicted octanol–water partition coefficient (Wildman–Crippen LogP) is 3.72. The molecule has 0 aromatic heterocycles. The van der Waals surface area contributed by atoms with Crippen molar-refractivity contribution in [1.29, 1.82) is 0 Å². The van der Waals surface area contributed by atoms with Crippen molar-refractivity contribution in [3.63, 3.8) is 0 Å². The molecule has 0 aliphatic heterocycles. The summed E-state index contributed by atoms with van der Waals surface area (Å²) in [5.41, 5.74) is -1.16. The van der Waals surface area contributed by atoms with Crippen LogP contribution in [-0.2, 0) is 19.1 Å². The molecular weight excluding hydrogens is 256 g/mol. The van der Waals surface area contributed by atoms with E-state index >= 15 is 0 Å². The molecule has 2 unspecified atom stereocenters. The van der Waals surface area contributed by atoms with Crippen LogP contribution in [0.25, 0.3) is 0 Å². The van der Waals surface area contributed by atoms with Crippen LogP contribution in [0.4, 0.5) is 0 Å². The van der Waals surface area contributed by atoms with Crippen molar-refractivity contribution in [2.45, 2.75) is 73.3 Å². The number of ether oxygens (including phenoxy) is 2. The number of carbonyl (C=O) groups excluding carboxylic acids is 2. The van der Waals surface area contributed by atoms with E-state index in [0.29, 0.717) is 19.4 Å². The summed E-state index contributed by atoms with van der Waals surface area (Å²) >= 11 is 0. The van der Waals surface area contributed by atoms with E-state index in [1.807, 2.05) is 34.6 Å². The second kappa shape index (κ2) is 8.98. The Balaban J connectivity index is 4.96. The number of hydrogen-bond donors (Lipinski definition) is 0. The van der Waals surface area contributed by atoms with E-state index in [9.17, 15) is 9.59 Å². The molecule has 0 aliphatic carbocycles. The van der Waals surface area contributed by atoms with Gasteiger partial charge >= 0.3 is 11.9 Å². The van der Waals surface area contributed by atoms with Gasteiger partial charge in [0.25, 0.3) is 0 Å². The molecule has 0 saturated carbocycles. The number of hydrogen-bond acceptors (Lipinski definition) is 4. The monoisotopic (exact) mass is 286 g/mol. The molecule has 0 aliphatic rings. The molecule has 118 valence electrons. The van der Waals surface area contributed by atoms with Gasteiger partial charge in [0.1, 0.15) is 6.10 Å². The second-order valence-corrected chi connectivity index (χ2v) is 5.42. The van der Waals surface area contributed by atoms with Crippen molar-refractivity contribution >= 4 is 11.9 Å². The summed E-state index contributed by atoms with van der Waals surface area (Å²) in [5.74, 6) is -0.626. The quantitative estimate of drug-likeness (QED) is 0.479. The zero-order valence-corrected chi connectivity index (χ0v) is 13.8. The van der Waals surface area contributed by atoms with Crippen LogP contribution >= 0.6 is 0 Å². The number of rotatable bonds is 9. The highest BCUT2D eigenvalue weighted by Gasteiger charge is 2.46. The topological polar surface area (TPSA) is 52.6 Å². The first-order chi connectivity index (χ1) is 9.39. The lowest BCUT2D eigenvalue weighted by atomic mass is 9.82. The van der Waals surface area contributed by atoms with Crippen molar-refractivity contribution in [2.75, 3.05) is 6.61 Å². The molecule has 0 amide bonds. The Bertz CT molecular complexity index is 308. The molecular formula is C16H30O4. The fourth-order valence-corrected chi connectivity index (χ4v) is 1.97. The lowest BCUT2D eigenvalue weighted by Crippen LogP contribution is -2.43. The summed E-state index contributed by atoms with van der Waals surface area (Å²) in [6, 6.07) is 0. The molecule has 20 heavy (non-hydrogen) atoms. The second-order valence-electron chi connectivity index (χ2n) is 5.42. The van der Waals surface area contributed by atoms with Crippen LogP contribution in [-0.4, -0.2) is 24.6 Å². The fraction of sp³-hybridized carbons (Fsp3) is 0.875. The van der Waals surface area contributed by atoms with E-state index in [0.717, 1.165) is 12.8 Å². The highest BCUT2D eigenvalue weighted by atomic mass is 16.6. The molecule has 0 aromatic rings. The standard InChI is InChI=1S/C16H30O4/c1-7-11-19-14(17)16(9-3,10-4)15(18)20-13(6)12(5)8-2/h12-13H,7-11H2,1-6H3. The highest BCUT2D eigenvalue weighted by Crippen LogP contribution is 2.31. The number of carbonyl (C=O) groups is 2. The molecule has 0 aromatic carbocycles. The molecule has 0 rings (SSSR count). The molecule has 0 radical (unpaired) electrons. The third-order valence-electron chi connectivity index (χ3n) is 4.16. The Hall–Kier alpha value is -1.06. The van der Waals surface area contributed by atoms with E-state index in [4.69, 9.17) is 9.47 Å². The maximum absolute atomic E-state index is 12.4. The molecule has 0 heterocycles. The fourth-order valence-electron chi connectivity index (χ4n) is 1.97. The van der Waals surface area contributed by atoms with Gasteiger partial charge in [-0.1, -0.05) is 41.0 Å². The van der Waals surface area contributed by atoms with Crippen molar-refractivity contribution < 1.29 is 19.1 Å². The van der Waals surface area contributed by atoms with Crippen molar-refractivity contribution in [3.8, 4) is 0 Å². The van der Waals surface area contributed by atoms with Gasteiger partial charge in [0.15, 0.2) is 5.41 Å². The van der Waals surface area contributed by atoms with E-state index in [2.05, 4.69) is 6.92 Å². The van der Waals surface area contributed by atoms with E-state index < -0.39 is 17.4 Å². The van der Waals surface area contributed by atoms with Gasteiger partial charge in [-0.25, -0.2) is 0 Å². The molecule has 4 heteroatoms. The Morgan fingerprint density at radius 3 is 1.95 bits per heavy atom. The van der Waals surface area contributed by atoms with E-state index in [1.54, 1.807) is 0 Å². The normalized spacial score (nSPS) is 14.5. The molecule has 0 bridgehead atoms. The van der Waals surface area contributed by atoms with Crippen molar-refractivity contribution in [2.24, 2.45) is 11.3 Å². The third-order valence-corrected chi connectivity index (χ3v) is 4.16. The van der Waals surface area contributed by atoms with Crippen LogP contribution in [0.15, 0.2) is 0 Å². The maximum atomic E-state index is 12.4. The summed E-state index contributed by atoms with van der Waals surface area (Å²) in [5, 5.41) is 0. The van der Waals surface area contributed by atoms with Crippen LogP contribution in [0, 0.1) is 11.3 Å². The third kappa shape index (κ3) is 4.50. The summed E-state index contributed by atoms with van der Waals surface area (Å²) in [7, 11) is 0. The minimum atomic E-state index is -1.16. The van der Waals surface area contributed by atoms with Crippen LogP contribution in [0.1, 0.15) is 67.2 Å². The van der Waals surface area contributed by atoms with Crippen molar-refractivity contribution in [3.05, 3.63) is 0 Å². The maximum Gasteiger partial charge on any atom is 0.323 e. The summed E-state index contributed by atoms with van der Waals surface area (Å²) in [6.07, 6.45) is 2.29. The van der Waals surface area contributed by atoms with Gasteiger partial charge in [0.2, 0.25) is 0 Å². The minimum Gasteiger partial charge on any atom is -0.465 e. The van der Waals surface area contributed by atoms with Crippen LogP contribution in [0.3, 0.4) is 0 Å². The predicted molar refractivity (Wildman–Crippen MR) is 79.3 cm³/mol. The van der Waals surface area contributed by atoms with Gasteiger partial charge in [-0.15, -0.1) is 0 Å². The van der Waals surface area contributed by atoms with Gasteiger partial charge in [-0.3, -0.25) is 9.59 Å². The van der Waals surface area contributed by atoms with E-state index in [1.165, 1.54) is 0 Å². The number of esters is 2. The first-order valence-corrected chi connectivity index (χ1v) is 7.77. The van der Waals surface area contributed by atoms with Gasteiger partial charge in [0, 0.05) is 0 Å². The highest BCUT2D eigenvalue weighted by molar-refractivity contribution is 6.00. The van der Waals surface area contributed by atoms with E-state index in [-0.39, 0.29) is 12.0 Å². The Labute approximate surface area is 123 Å². The largest absolute Gasteiger partial charge is 0.465 e. The summed E-state index contributed by atoms with van der Waals surface area (Å²) in [6.45, 7) is 11.9. The van der Waals surface area contributed by atoms with Gasteiger partial charge in [-0.05, 0) is 32.1 Å². The summed E-state index contributed by atoms with van der Waals surface area (Å²) < 4.78 is 10.7. The SMILES string of the molecule is CCCOC(=O)C(CC)(CC)C(=O)OC(C)C(C)CC. The smallest absolute Gasteiger partial charge is 0.323 e. The lowest BCUT2D eigenvalue weighted by molar-refractivity contribution is -0.177. The molecule has 0 spiro atoms. The molecule has 0 fully saturated rings. The molecule has 0 saturated heterocycles. The average Bonchev–Trinajstić information content (AvgIpc) is 2.45. The van der Waals surface area contributed by atoms with Gasteiger partial charge in [0.05, 0.1) is 6.61 Å². The first-order valence-electron chi connectivity index (χ1n) is 7.77. The minimum absolute atomic E-state index is 0.191. The Kier molecular flexibility index (Phi) is 8.51. The van der Waals surface area contributed by atoms with Crippen LogP contribution < -0.4 is 0 Å². The average molecular weight is 286 g/mol. The molecule has 2 atom stereocenters. The lowest BCUT2D eigenvalue weighted by Gasteiger charge is -2.29. The molecule has 0 N–H and O–H groups in total. The van der Waals surface area contributed by atoms with Crippen LogP contribution in [0.2, 0.25) is 0 Å². The zero-order chi connectivity index (χ0) is 15.8. The molecule has 4 nitrogen and oxygen atoms in total. The van der Waals surface area contributed by atoms with Gasteiger partial charge in [-0.2, -0.15) is 0 Å². The Morgan fingerprint density at radius 1 is 1.00 bits per heavy atom. The Morgan fingerprint density at radius 2 is 1.55 bits per heavy atom. The first kappa shape index (κ1) is 18.9.